The van der Waals surface area contributed by atoms with Gasteiger partial charge in [-0.15, -0.1) is 6.58 Å². The van der Waals surface area contributed by atoms with E-state index in [2.05, 4.69) is 11.9 Å². The highest BCUT2D eigenvalue weighted by atomic mass is 16.2. The zero-order valence-electron chi connectivity index (χ0n) is 16.3. The Morgan fingerprint density at radius 3 is 2.44 bits per heavy atom. The van der Waals surface area contributed by atoms with Gasteiger partial charge < -0.3 is 15.1 Å². The van der Waals surface area contributed by atoms with E-state index in [1.54, 1.807) is 11.0 Å². The lowest BCUT2D eigenvalue weighted by atomic mass is 10.1. The minimum absolute atomic E-state index is 0.0434. The van der Waals surface area contributed by atoms with E-state index in [0.29, 0.717) is 6.54 Å². The van der Waals surface area contributed by atoms with Crippen molar-refractivity contribution in [3.05, 3.63) is 72.3 Å². The smallest absolute Gasteiger partial charge is 0.282 e. The topological polar surface area (TPSA) is 53.9 Å². The lowest BCUT2D eigenvalue weighted by Gasteiger charge is -2.23. The first-order chi connectivity index (χ1) is 12.9. The number of likely N-dealkylation sites (N-methyl/N-ethyl adjacent to an activating group) is 1. The van der Waals surface area contributed by atoms with Crippen LogP contribution < -0.4 is 15.1 Å². The van der Waals surface area contributed by atoms with Crippen LogP contribution in [0, 0.1) is 13.8 Å². The monoisotopic (exact) mass is 366 g/mol. The number of amides is 2. The molecule has 5 nitrogen and oxygen atoms in total. The fourth-order valence-electron chi connectivity index (χ4n) is 2.86. The number of quaternary nitrogens is 1. The third kappa shape index (κ3) is 5.79. The number of benzene rings is 2. The maximum atomic E-state index is 12.7. The van der Waals surface area contributed by atoms with E-state index < -0.39 is 0 Å². The average molecular weight is 366 g/mol. The Labute approximate surface area is 161 Å². The van der Waals surface area contributed by atoms with Gasteiger partial charge in [-0.2, -0.15) is 0 Å². The molecule has 1 unspecified atom stereocenters. The summed E-state index contributed by atoms with van der Waals surface area (Å²) in [4.78, 5) is 27.6. The molecular weight excluding hydrogens is 338 g/mol. The van der Waals surface area contributed by atoms with Gasteiger partial charge in [0.25, 0.3) is 11.8 Å². The van der Waals surface area contributed by atoms with Crippen molar-refractivity contribution in [1.29, 1.82) is 0 Å². The van der Waals surface area contributed by atoms with Gasteiger partial charge in [-0.05, 0) is 43.2 Å². The molecule has 0 radical (unpaired) electrons. The standard InChI is InChI=1S/C22H27N3O2/c1-5-14-25(19-11-7-6-8-12-19)22(27)16-24(4)15-21(26)23-20-13-9-10-17(2)18(20)3/h5-13H,1,14-16H2,2-4H3,(H,23,26)/p+1. The second kappa shape index (κ2) is 9.69. The first-order valence-corrected chi connectivity index (χ1v) is 9.06. The first kappa shape index (κ1) is 20.4. The van der Waals surface area contributed by atoms with Gasteiger partial charge in [-0.1, -0.05) is 36.4 Å². The molecule has 5 heteroatoms. The van der Waals surface area contributed by atoms with Gasteiger partial charge in [0.15, 0.2) is 13.1 Å². The highest BCUT2D eigenvalue weighted by molar-refractivity contribution is 5.95. The van der Waals surface area contributed by atoms with Gasteiger partial charge in [0.2, 0.25) is 0 Å². The quantitative estimate of drug-likeness (QED) is 0.702. The van der Waals surface area contributed by atoms with Gasteiger partial charge in [0, 0.05) is 17.9 Å². The molecule has 27 heavy (non-hydrogen) atoms. The molecule has 0 saturated carbocycles. The third-order valence-electron chi connectivity index (χ3n) is 4.47. The van der Waals surface area contributed by atoms with Crippen molar-refractivity contribution in [2.75, 3.05) is 36.9 Å². The summed E-state index contributed by atoms with van der Waals surface area (Å²) in [6.45, 7) is 8.61. The van der Waals surface area contributed by atoms with E-state index in [4.69, 9.17) is 0 Å². The second-order valence-corrected chi connectivity index (χ2v) is 6.73. The Kier molecular flexibility index (Phi) is 7.32. The van der Waals surface area contributed by atoms with Crippen LogP contribution in [0.4, 0.5) is 11.4 Å². The number of nitrogens with zero attached hydrogens (tertiary/aromatic N) is 1. The van der Waals surface area contributed by atoms with Crippen LogP contribution >= 0.6 is 0 Å². The number of para-hydroxylation sites is 1. The van der Waals surface area contributed by atoms with Crippen molar-refractivity contribution in [1.82, 2.24) is 0 Å². The van der Waals surface area contributed by atoms with Crippen molar-refractivity contribution in [2.24, 2.45) is 0 Å². The minimum Gasteiger partial charge on any atom is -0.322 e. The predicted molar refractivity (Wildman–Crippen MR) is 110 cm³/mol. The SMILES string of the molecule is C=CCN(C(=O)C[NH+](C)CC(=O)Nc1cccc(C)c1C)c1ccccc1. The van der Waals surface area contributed by atoms with Crippen LogP contribution in [0.3, 0.4) is 0 Å². The molecule has 1 atom stereocenters. The zero-order valence-corrected chi connectivity index (χ0v) is 16.3. The average Bonchev–Trinajstić information content (AvgIpc) is 2.64. The molecule has 2 amide bonds. The van der Waals surface area contributed by atoms with Crippen molar-refractivity contribution >= 4 is 23.2 Å². The lowest BCUT2D eigenvalue weighted by Crippen LogP contribution is -3.11. The maximum absolute atomic E-state index is 12.7. The Balaban J connectivity index is 1.96. The molecule has 0 saturated heterocycles. The molecule has 2 N–H and O–H groups in total. The first-order valence-electron chi connectivity index (χ1n) is 9.06. The van der Waals surface area contributed by atoms with Crippen molar-refractivity contribution in [2.45, 2.75) is 13.8 Å². The Bertz CT molecular complexity index is 802. The number of nitrogens with one attached hydrogen (secondary N) is 2. The predicted octanol–water partition coefficient (Wildman–Crippen LogP) is 1.98. The number of carbonyl (C=O) groups excluding carboxylic acids is 2. The summed E-state index contributed by atoms with van der Waals surface area (Å²) in [7, 11) is 1.84. The molecular formula is C22H28N3O2+. The van der Waals surface area contributed by atoms with E-state index in [1.807, 2.05) is 69.4 Å². The van der Waals surface area contributed by atoms with Crippen molar-refractivity contribution in [3.8, 4) is 0 Å². The molecule has 2 aromatic carbocycles. The molecule has 0 bridgehead atoms. The molecule has 0 aromatic heterocycles. The van der Waals surface area contributed by atoms with Crippen molar-refractivity contribution in [3.63, 3.8) is 0 Å². The van der Waals surface area contributed by atoms with Gasteiger partial charge >= 0.3 is 0 Å². The number of rotatable bonds is 8. The molecule has 0 aliphatic rings. The maximum Gasteiger partial charge on any atom is 0.282 e. The summed E-state index contributed by atoms with van der Waals surface area (Å²) in [5.74, 6) is -0.151. The highest BCUT2D eigenvalue weighted by Crippen LogP contribution is 2.17. The van der Waals surface area contributed by atoms with E-state index in [-0.39, 0.29) is 24.9 Å². The van der Waals surface area contributed by atoms with Crippen LogP contribution in [0.2, 0.25) is 0 Å². The van der Waals surface area contributed by atoms with E-state index >= 15 is 0 Å². The van der Waals surface area contributed by atoms with Crippen LogP contribution in [-0.4, -0.2) is 38.5 Å². The molecule has 2 rings (SSSR count). The summed E-state index contributed by atoms with van der Waals surface area (Å²) in [6.07, 6.45) is 1.70. The summed E-state index contributed by atoms with van der Waals surface area (Å²) >= 11 is 0. The van der Waals surface area contributed by atoms with E-state index in [1.165, 1.54) is 0 Å². The van der Waals surface area contributed by atoms with Crippen LogP contribution in [0.15, 0.2) is 61.2 Å². The number of carbonyl (C=O) groups is 2. The molecule has 0 heterocycles. The fourth-order valence-corrected chi connectivity index (χ4v) is 2.86. The number of anilines is 2. The molecule has 2 aromatic rings. The van der Waals surface area contributed by atoms with Crippen LogP contribution in [-0.2, 0) is 9.59 Å². The summed E-state index contributed by atoms with van der Waals surface area (Å²) in [5, 5.41) is 2.94. The number of aryl methyl sites for hydroxylation is 1. The lowest BCUT2D eigenvalue weighted by molar-refractivity contribution is -0.862. The van der Waals surface area contributed by atoms with Gasteiger partial charge in [-0.3, -0.25) is 9.59 Å². The summed E-state index contributed by atoms with van der Waals surface area (Å²) < 4.78 is 0. The number of hydrogen-bond donors (Lipinski definition) is 2. The molecule has 0 aliphatic carbocycles. The molecule has 0 fully saturated rings. The summed E-state index contributed by atoms with van der Waals surface area (Å²) in [5.41, 5.74) is 3.83. The third-order valence-corrected chi connectivity index (χ3v) is 4.47. The Morgan fingerprint density at radius 1 is 1.07 bits per heavy atom. The van der Waals surface area contributed by atoms with Gasteiger partial charge in [0.05, 0.1) is 7.05 Å². The van der Waals surface area contributed by atoms with E-state index in [0.717, 1.165) is 27.4 Å². The van der Waals surface area contributed by atoms with Gasteiger partial charge in [-0.25, -0.2) is 0 Å². The second-order valence-electron chi connectivity index (χ2n) is 6.73. The van der Waals surface area contributed by atoms with Crippen LogP contribution in [0.5, 0.6) is 0 Å². The fraction of sp³-hybridized carbons (Fsp3) is 0.273. The summed E-state index contributed by atoms with van der Waals surface area (Å²) in [6, 6.07) is 15.3. The van der Waals surface area contributed by atoms with Gasteiger partial charge in [0.1, 0.15) is 0 Å². The zero-order chi connectivity index (χ0) is 19.8. The van der Waals surface area contributed by atoms with Crippen molar-refractivity contribution < 1.29 is 14.5 Å². The molecule has 0 spiro atoms. The van der Waals surface area contributed by atoms with Crippen LogP contribution in [0.25, 0.3) is 0 Å². The Morgan fingerprint density at radius 2 is 1.78 bits per heavy atom. The normalized spacial score (nSPS) is 11.5. The Hall–Kier alpha value is -2.92. The number of hydrogen-bond acceptors (Lipinski definition) is 2. The largest absolute Gasteiger partial charge is 0.322 e. The minimum atomic E-state index is -0.107. The highest BCUT2D eigenvalue weighted by Gasteiger charge is 2.20. The molecule has 142 valence electrons. The van der Waals surface area contributed by atoms with Crippen LogP contribution in [0.1, 0.15) is 11.1 Å². The van der Waals surface area contributed by atoms with E-state index in [9.17, 15) is 9.59 Å². The molecule has 0 aliphatic heterocycles.